The second-order valence-electron chi connectivity index (χ2n) is 4.27. The first kappa shape index (κ1) is 13.6. The molecule has 0 atom stereocenters. The third kappa shape index (κ3) is 6.02. The van der Waals surface area contributed by atoms with Gasteiger partial charge in [0.15, 0.2) is 0 Å². The summed E-state index contributed by atoms with van der Waals surface area (Å²) >= 11 is 0. The number of hydrogen-bond donors (Lipinski definition) is 2. The molecule has 0 saturated carbocycles. The van der Waals surface area contributed by atoms with Crippen LogP contribution in [0.1, 0.15) is 25.8 Å². The van der Waals surface area contributed by atoms with Gasteiger partial charge in [0.05, 0.1) is 0 Å². The highest BCUT2D eigenvalue weighted by molar-refractivity contribution is 5.76. The summed E-state index contributed by atoms with van der Waals surface area (Å²) < 4.78 is 12.9. The van der Waals surface area contributed by atoms with E-state index >= 15 is 0 Å². The molecule has 1 aromatic carbocycles. The van der Waals surface area contributed by atoms with Crippen LogP contribution in [0.3, 0.4) is 0 Å². The monoisotopic (exact) mass is 238 g/mol. The van der Waals surface area contributed by atoms with Gasteiger partial charge >= 0.3 is 0 Å². The van der Waals surface area contributed by atoms with E-state index in [1.165, 1.54) is 12.1 Å². The van der Waals surface area contributed by atoms with Gasteiger partial charge in [-0.15, -0.1) is 0 Å². The van der Waals surface area contributed by atoms with E-state index in [2.05, 4.69) is 10.6 Å². The summed E-state index contributed by atoms with van der Waals surface area (Å²) in [6.07, 6.45) is 0.438. The third-order valence-corrected chi connectivity index (χ3v) is 2.28. The van der Waals surface area contributed by atoms with Crippen molar-refractivity contribution in [3.63, 3.8) is 0 Å². The number of nitrogens with one attached hydrogen (secondary N) is 2. The summed E-state index contributed by atoms with van der Waals surface area (Å²) in [5, 5.41) is 5.92. The molecule has 94 valence electrons. The molecule has 0 unspecified atom stereocenters. The lowest BCUT2D eigenvalue weighted by molar-refractivity contribution is -0.121. The minimum absolute atomic E-state index is 0.0255. The zero-order valence-electron chi connectivity index (χ0n) is 10.3. The quantitative estimate of drug-likeness (QED) is 0.794. The van der Waals surface area contributed by atoms with E-state index in [9.17, 15) is 9.18 Å². The minimum atomic E-state index is -0.279. The van der Waals surface area contributed by atoms with Crippen LogP contribution in [0.15, 0.2) is 24.3 Å². The fraction of sp³-hybridized carbons (Fsp3) is 0.462. The van der Waals surface area contributed by atoms with Gasteiger partial charge in [0.1, 0.15) is 5.82 Å². The van der Waals surface area contributed by atoms with Crippen LogP contribution in [0.4, 0.5) is 4.39 Å². The van der Waals surface area contributed by atoms with Gasteiger partial charge in [0.2, 0.25) is 5.91 Å². The van der Waals surface area contributed by atoms with Crippen LogP contribution in [0.2, 0.25) is 0 Å². The van der Waals surface area contributed by atoms with Crippen molar-refractivity contribution < 1.29 is 9.18 Å². The van der Waals surface area contributed by atoms with Crippen LogP contribution in [0.5, 0.6) is 0 Å². The maximum absolute atomic E-state index is 12.9. The van der Waals surface area contributed by atoms with E-state index in [-0.39, 0.29) is 11.7 Å². The van der Waals surface area contributed by atoms with Crippen LogP contribution in [-0.2, 0) is 11.3 Å². The largest absolute Gasteiger partial charge is 0.352 e. The number of rotatable bonds is 6. The molecule has 1 aromatic rings. The molecule has 3 nitrogen and oxygen atoms in total. The Morgan fingerprint density at radius 2 is 2.18 bits per heavy atom. The molecule has 0 bridgehead atoms. The van der Waals surface area contributed by atoms with Gasteiger partial charge in [-0.1, -0.05) is 26.0 Å². The van der Waals surface area contributed by atoms with Gasteiger partial charge < -0.3 is 10.6 Å². The highest BCUT2D eigenvalue weighted by atomic mass is 19.1. The van der Waals surface area contributed by atoms with Crippen molar-refractivity contribution in [2.75, 3.05) is 6.54 Å². The van der Waals surface area contributed by atoms with E-state index < -0.39 is 0 Å². The summed E-state index contributed by atoms with van der Waals surface area (Å²) in [4.78, 5) is 11.4. The van der Waals surface area contributed by atoms with Crippen molar-refractivity contribution in [3.8, 4) is 0 Å². The molecule has 4 heteroatoms. The Balaban J connectivity index is 2.24. The zero-order chi connectivity index (χ0) is 12.7. The molecule has 1 amide bonds. The van der Waals surface area contributed by atoms with E-state index in [0.717, 1.165) is 5.56 Å². The molecule has 1 rings (SSSR count). The second kappa shape index (κ2) is 7.01. The van der Waals surface area contributed by atoms with Crippen molar-refractivity contribution in [3.05, 3.63) is 35.6 Å². The Morgan fingerprint density at radius 3 is 2.82 bits per heavy atom. The second-order valence-corrected chi connectivity index (χ2v) is 4.27. The fourth-order valence-electron chi connectivity index (χ4n) is 1.41. The van der Waals surface area contributed by atoms with Crippen LogP contribution in [0, 0.1) is 5.82 Å². The maximum atomic E-state index is 12.9. The number of carbonyl (C=O) groups excluding carboxylic acids is 1. The predicted octanol–water partition coefficient (Wildman–Crippen LogP) is 1.83. The lowest BCUT2D eigenvalue weighted by atomic mass is 10.2. The van der Waals surface area contributed by atoms with E-state index in [1.54, 1.807) is 12.1 Å². The first-order valence-corrected chi connectivity index (χ1v) is 5.82. The summed E-state index contributed by atoms with van der Waals surface area (Å²) in [5.74, 6) is -0.305. The molecule has 2 N–H and O–H groups in total. The van der Waals surface area contributed by atoms with Gasteiger partial charge in [-0.2, -0.15) is 0 Å². The SMILES string of the molecule is CC(C)NCCC(=O)NCc1cccc(F)c1. The molecule has 0 aliphatic heterocycles. The third-order valence-electron chi connectivity index (χ3n) is 2.28. The summed E-state index contributed by atoms with van der Waals surface area (Å²) in [5.41, 5.74) is 0.773. The highest BCUT2D eigenvalue weighted by Gasteiger charge is 2.02. The standard InChI is InChI=1S/C13H19FN2O/c1-10(2)15-7-6-13(17)16-9-11-4-3-5-12(14)8-11/h3-5,8,10,15H,6-7,9H2,1-2H3,(H,16,17). The Hall–Kier alpha value is -1.42. The van der Waals surface area contributed by atoms with Gasteiger partial charge in [0, 0.05) is 25.6 Å². The topological polar surface area (TPSA) is 41.1 Å². The van der Waals surface area contributed by atoms with Crippen LogP contribution in [0.25, 0.3) is 0 Å². The van der Waals surface area contributed by atoms with Crippen molar-refractivity contribution >= 4 is 5.91 Å². The van der Waals surface area contributed by atoms with E-state index in [1.807, 2.05) is 13.8 Å². The number of halogens is 1. The van der Waals surface area contributed by atoms with Crippen molar-refractivity contribution in [2.24, 2.45) is 0 Å². The summed E-state index contributed by atoms with van der Waals surface area (Å²) in [6.45, 7) is 5.10. The molecule has 0 aromatic heterocycles. The number of hydrogen-bond acceptors (Lipinski definition) is 2. The molecule has 0 spiro atoms. The lowest BCUT2D eigenvalue weighted by Crippen LogP contribution is -2.30. The lowest BCUT2D eigenvalue weighted by Gasteiger charge is -2.08. The summed E-state index contributed by atoms with van der Waals surface area (Å²) in [6, 6.07) is 6.61. The van der Waals surface area contributed by atoms with Crippen LogP contribution in [-0.4, -0.2) is 18.5 Å². The van der Waals surface area contributed by atoms with Crippen molar-refractivity contribution in [1.82, 2.24) is 10.6 Å². The minimum Gasteiger partial charge on any atom is -0.352 e. The average molecular weight is 238 g/mol. The highest BCUT2D eigenvalue weighted by Crippen LogP contribution is 2.02. The predicted molar refractivity (Wildman–Crippen MR) is 66.0 cm³/mol. The molecule has 0 aliphatic rings. The first-order chi connectivity index (χ1) is 8.08. The zero-order valence-corrected chi connectivity index (χ0v) is 10.3. The first-order valence-electron chi connectivity index (χ1n) is 5.82. The molecule has 0 aliphatic carbocycles. The molecular weight excluding hydrogens is 219 g/mol. The van der Waals surface area contributed by atoms with Crippen molar-refractivity contribution in [1.29, 1.82) is 0 Å². The molecule has 0 heterocycles. The Morgan fingerprint density at radius 1 is 1.41 bits per heavy atom. The number of amides is 1. The Bertz CT molecular complexity index is 366. The molecule has 0 saturated heterocycles. The van der Waals surface area contributed by atoms with E-state index in [0.29, 0.717) is 25.6 Å². The molecule has 0 radical (unpaired) electrons. The molecule has 17 heavy (non-hydrogen) atoms. The Kier molecular flexibility index (Phi) is 5.63. The van der Waals surface area contributed by atoms with Crippen LogP contribution < -0.4 is 10.6 Å². The Labute approximate surface area is 101 Å². The average Bonchev–Trinajstić information content (AvgIpc) is 2.26. The number of benzene rings is 1. The van der Waals surface area contributed by atoms with Crippen LogP contribution >= 0.6 is 0 Å². The van der Waals surface area contributed by atoms with Gasteiger partial charge in [0.25, 0.3) is 0 Å². The van der Waals surface area contributed by atoms with Gasteiger partial charge in [-0.3, -0.25) is 4.79 Å². The normalized spacial score (nSPS) is 10.6. The van der Waals surface area contributed by atoms with E-state index in [4.69, 9.17) is 0 Å². The van der Waals surface area contributed by atoms with Crippen molar-refractivity contribution in [2.45, 2.75) is 32.9 Å². The number of carbonyl (C=O) groups is 1. The maximum Gasteiger partial charge on any atom is 0.221 e. The molecular formula is C13H19FN2O. The van der Waals surface area contributed by atoms with Gasteiger partial charge in [-0.25, -0.2) is 4.39 Å². The summed E-state index contributed by atoms with van der Waals surface area (Å²) in [7, 11) is 0. The smallest absolute Gasteiger partial charge is 0.221 e. The molecule has 0 fully saturated rings. The van der Waals surface area contributed by atoms with Gasteiger partial charge in [-0.05, 0) is 17.7 Å². The fourth-order valence-corrected chi connectivity index (χ4v) is 1.41.